The molecule has 1 amide bonds. The SMILES string of the molecule is COc1ccccc1Oc1c(Cl)nc(N2CCN(C=O)CC2)nc1NS(=O)(=O)c1ccc(C(C)(C)C)cc1. The van der Waals surface area contributed by atoms with Gasteiger partial charge < -0.3 is 19.3 Å². The number of halogens is 1. The molecule has 2 heterocycles. The van der Waals surface area contributed by atoms with Crippen molar-refractivity contribution >= 4 is 39.8 Å². The van der Waals surface area contributed by atoms with E-state index in [9.17, 15) is 13.2 Å². The van der Waals surface area contributed by atoms with Gasteiger partial charge in [0.1, 0.15) is 0 Å². The second-order valence-electron chi connectivity index (χ2n) is 9.75. The number of sulfonamides is 1. The number of carbonyl (C=O) groups excluding carboxylic acids is 1. The third kappa shape index (κ3) is 6.11. The molecule has 0 spiro atoms. The molecule has 1 saturated heterocycles. The lowest BCUT2D eigenvalue weighted by molar-refractivity contribution is -0.118. The highest BCUT2D eigenvalue weighted by Gasteiger charge is 2.26. The third-order valence-electron chi connectivity index (χ3n) is 6.10. The van der Waals surface area contributed by atoms with Crippen LogP contribution in [0.15, 0.2) is 53.4 Å². The number of carbonyl (C=O) groups is 1. The van der Waals surface area contributed by atoms with Crippen molar-refractivity contribution in [3.63, 3.8) is 0 Å². The van der Waals surface area contributed by atoms with Gasteiger partial charge in [-0.15, -0.1) is 0 Å². The molecule has 202 valence electrons. The Morgan fingerprint density at radius 2 is 1.61 bits per heavy atom. The minimum atomic E-state index is -4.07. The molecule has 10 nitrogen and oxygen atoms in total. The van der Waals surface area contributed by atoms with Gasteiger partial charge in [0.2, 0.25) is 18.1 Å². The summed E-state index contributed by atoms with van der Waals surface area (Å²) in [7, 11) is -2.57. The highest BCUT2D eigenvalue weighted by Crippen LogP contribution is 2.40. The van der Waals surface area contributed by atoms with Gasteiger partial charge in [0.15, 0.2) is 22.5 Å². The largest absolute Gasteiger partial charge is 0.493 e. The number of piperazine rings is 1. The summed E-state index contributed by atoms with van der Waals surface area (Å²) < 4.78 is 40.7. The predicted octanol–water partition coefficient (Wildman–Crippen LogP) is 4.31. The van der Waals surface area contributed by atoms with Crippen LogP contribution in [0, 0.1) is 0 Å². The number of amides is 1. The summed E-state index contributed by atoms with van der Waals surface area (Å²) in [4.78, 5) is 23.5. The van der Waals surface area contributed by atoms with Crippen molar-refractivity contribution in [2.45, 2.75) is 31.1 Å². The highest BCUT2D eigenvalue weighted by atomic mass is 35.5. The van der Waals surface area contributed by atoms with Crippen LogP contribution in [0.5, 0.6) is 17.2 Å². The molecule has 3 aromatic rings. The van der Waals surface area contributed by atoms with Crippen molar-refractivity contribution in [3.8, 4) is 17.2 Å². The molecule has 4 rings (SSSR count). The van der Waals surface area contributed by atoms with Crippen LogP contribution >= 0.6 is 11.6 Å². The smallest absolute Gasteiger partial charge is 0.263 e. The number of nitrogens with zero attached hydrogens (tertiary/aromatic N) is 4. The lowest BCUT2D eigenvalue weighted by Gasteiger charge is -2.32. The number of nitrogens with one attached hydrogen (secondary N) is 1. The molecule has 0 aliphatic carbocycles. The molecule has 12 heteroatoms. The number of aromatic nitrogens is 2. The van der Waals surface area contributed by atoms with Gasteiger partial charge in [0.25, 0.3) is 10.0 Å². The van der Waals surface area contributed by atoms with Crippen LogP contribution in [-0.4, -0.2) is 63.0 Å². The molecular formula is C26H30ClN5O5S. The lowest BCUT2D eigenvalue weighted by atomic mass is 9.87. The molecule has 1 N–H and O–H groups in total. The molecule has 38 heavy (non-hydrogen) atoms. The first-order valence-corrected chi connectivity index (χ1v) is 13.8. The van der Waals surface area contributed by atoms with E-state index >= 15 is 0 Å². The van der Waals surface area contributed by atoms with E-state index in [1.807, 2.05) is 4.90 Å². The van der Waals surface area contributed by atoms with E-state index in [4.69, 9.17) is 21.1 Å². The van der Waals surface area contributed by atoms with Crippen LogP contribution in [0.25, 0.3) is 0 Å². The maximum absolute atomic E-state index is 13.4. The highest BCUT2D eigenvalue weighted by molar-refractivity contribution is 7.92. The second-order valence-corrected chi connectivity index (χ2v) is 11.8. The monoisotopic (exact) mass is 559 g/mol. The minimum absolute atomic E-state index is 0.0598. The van der Waals surface area contributed by atoms with Crippen molar-refractivity contribution in [1.29, 1.82) is 0 Å². The van der Waals surface area contributed by atoms with E-state index in [2.05, 4.69) is 35.5 Å². The normalized spacial score (nSPS) is 14.2. The van der Waals surface area contributed by atoms with Gasteiger partial charge in [-0.1, -0.05) is 56.6 Å². The number of methoxy groups -OCH3 is 1. The van der Waals surface area contributed by atoms with Gasteiger partial charge in [-0.2, -0.15) is 9.97 Å². The molecule has 1 aliphatic heterocycles. The number of rotatable bonds is 8. The quantitative estimate of drug-likeness (QED) is 0.321. The summed E-state index contributed by atoms with van der Waals surface area (Å²) in [6, 6.07) is 13.5. The molecule has 1 fully saturated rings. The van der Waals surface area contributed by atoms with Gasteiger partial charge in [0.05, 0.1) is 12.0 Å². The van der Waals surface area contributed by atoms with Crippen LogP contribution in [-0.2, 0) is 20.2 Å². The summed E-state index contributed by atoms with van der Waals surface area (Å²) in [5.41, 5.74) is 0.868. The van der Waals surface area contributed by atoms with Crippen LogP contribution in [0.2, 0.25) is 5.15 Å². The lowest BCUT2D eigenvalue weighted by Crippen LogP contribution is -2.46. The first-order valence-electron chi connectivity index (χ1n) is 12.0. The Morgan fingerprint density at radius 3 is 2.18 bits per heavy atom. The molecule has 0 unspecified atom stereocenters. The van der Waals surface area contributed by atoms with Gasteiger partial charge in [0, 0.05) is 26.2 Å². The number of hydrogen-bond donors (Lipinski definition) is 1. The molecule has 2 aromatic carbocycles. The van der Waals surface area contributed by atoms with E-state index in [1.165, 1.54) is 7.11 Å². The van der Waals surface area contributed by atoms with E-state index in [1.54, 1.807) is 53.4 Å². The molecule has 0 radical (unpaired) electrons. The first kappa shape index (κ1) is 27.5. The van der Waals surface area contributed by atoms with Crippen LogP contribution in [0.3, 0.4) is 0 Å². The Morgan fingerprint density at radius 1 is 0.974 bits per heavy atom. The van der Waals surface area contributed by atoms with Gasteiger partial charge in [-0.3, -0.25) is 9.52 Å². The standard InChI is InChI=1S/C26H30ClN5O5S/c1-26(2,3)18-9-11-19(12-10-18)38(34,35)30-24-22(37-21-8-6-5-7-20(21)36-4)23(27)28-25(29-24)32-15-13-31(17-33)14-16-32/h5-12,17H,13-16H2,1-4H3,(H,28,29,30). The van der Waals surface area contributed by atoms with Crippen LogP contribution < -0.4 is 19.1 Å². The molecule has 0 bridgehead atoms. The minimum Gasteiger partial charge on any atom is -0.493 e. The zero-order valence-electron chi connectivity index (χ0n) is 21.6. The second kappa shape index (κ2) is 11.0. The number of hydrogen-bond acceptors (Lipinski definition) is 8. The van der Waals surface area contributed by atoms with E-state index in [-0.39, 0.29) is 33.0 Å². The van der Waals surface area contributed by atoms with Gasteiger partial charge >= 0.3 is 0 Å². The molecule has 0 atom stereocenters. The fraction of sp³-hybridized carbons (Fsp3) is 0.346. The van der Waals surface area contributed by atoms with Crippen LogP contribution in [0.1, 0.15) is 26.3 Å². The maximum Gasteiger partial charge on any atom is 0.263 e. The Bertz CT molecular complexity index is 1400. The average Bonchev–Trinajstić information content (AvgIpc) is 2.90. The van der Waals surface area contributed by atoms with Gasteiger partial charge in [-0.05, 0) is 35.2 Å². The number of benzene rings is 2. The average molecular weight is 560 g/mol. The topological polar surface area (TPSA) is 114 Å². The number of ether oxygens (including phenoxy) is 2. The number of anilines is 2. The molecule has 0 saturated carbocycles. The van der Waals surface area contributed by atoms with Gasteiger partial charge in [-0.25, -0.2) is 8.42 Å². The fourth-order valence-corrected chi connectivity index (χ4v) is 5.08. The maximum atomic E-state index is 13.4. The van der Waals surface area contributed by atoms with Crippen molar-refractivity contribution in [1.82, 2.24) is 14.9 Å². The zero-order chi connectivity index (χ0) is 27.5. The van der Waals surface area contributed by atoms with Crippen LogP contribution in [0.4, 0.5) is 11.8 Å². The molecule has 1 aliphatic rings. The predicted molar refractivity (Wildman–Crippen MR) is 146 cm³/mol. The Kier molecular flexibility index (Phi) is 7.98. The fourth-order valence-electron chi connectivity index (χ4n) is 3.87. The van der Waals surface area contributed by atoms with Crippen molar-refractivity contribution in [2.24, 2.45) is 0 Å². The summed E-state index contributed by atoms with van der Waals surface area (Å²) in [5.74, 6) is 0.755. The van der Waals surface area contributed by atoms with Crippen molar-refractivity contribution in [3.05, 3.63) is 59.2 Å². The summed E-state index contributed by atoms with van der Waals surface area (Å²) in [6.45, 7) is 8.03. The summed E-state index contributed by atoms with van der Waals surface area (Å²) >= 11 is 6.56. The summed E-state index contributed by atoms with van der Waals surface area (Å²) in [5, 5.41) is -0.0838. The Hall–Kier alpha value is -3.57. The van der Waals surface area contributed by atoms with E-state index in [0.717, 1.165) is 12.0 Å². The van der Waals surface area contributed by atoms with Crippen molar-refractivity contribution < 1.29 is 22.7 Å². The third-order valence-corrected chi connectivity index (χ3v) is 7.71. The van der Waals surface area contributed by atoms with E-state index < -0.39 is 10.0 Å². The molecule has 1 aromatic heterocycles. The first-order chi connectivity index (χ1) is 18.0. The van der Waals surface area contributed by atoms with Crippen molar-refractivity contribution in [2.75, 3.05) is 42.9 Å². The Labute approximate surface area is 227 Å². The Balaban J connectivity index is 1.73. The summed E-state index contributed by atoms with van der Waals surface area (Å²) in [6.07, 6.45) is 0.792. The zero-order valence-corrected chi connectivity index (χ0v) is 23.2. The molecular weight excluding hydrogens is 530 g/mol. The van der Waals surface area contributed by atoms with E-state index in [0.29, 0.717) is 37.7 Å². The number of para-hydroxylation sites is 2.